The average Bonchev–Trinajstić information content (AvgIpc) is 3.75. The summed E-state index contributed by atoms with van der Waals surface area (Å²) >= 11 is 0. The lowest BCUT2D eigenvalue weighted by molar-refractivity contribution is -0.123. The number of nitrogens with zero attached hydrogens (tertiary/aromatic N) is 3. The van der Waals surface area contributed by atoms with Crippen LogP contribution in [-0.4, -0.2) is 49.3 Å². The number of carbonyl (C=O) groups is 2. The Hall–Kier alpha value is -4.03. The van der Waals surface area contributed by atoms with Gasteiger partial charge in [0.2, 0.25) is 11.8 Å². The number of amides is 2. The van der Waals surface area contributed by atoms with Gasteiger partial charge in [0.15, 0.2) is 0 Å². The summed E-state index contributed by atoms with van der Waals surface area (Å²) in [5.41, 5.74) is 2.14. The molecule has 9 nitrogen and oxygen atoms in total. The summed E-state index contributed by atoms with van der Waals surface area (Å²) in [7, 11) is 0. The lowest BCUT2D eigenvalue weighted by atomic mass is 9.83. The van der Waals surface area contributed by atoms with Crippen LogP contribution in [0.5, 0.6) is 0 Å². The Balaban J connectivity index is 1.20. The minimum absolute atomic E-state index is 0.141. The highest BCUT2D eigenvalue weighted by molar-refractivity contribution is 6.08. The lowest BCUT2D eigenvalue weighted by Crippen LogP contribution is -2.35. The van der Waals surface area contributed by atoms with E-state index in [9.17, 15) is 14.9 Å². The maximum atomic E-state index is 13.1. The Labute approximate surface area is 228 Å². The topological polar surface area (TPSA) is 131 Å². The fourth-order valence-electron chi connectivity index (χ4n) is 5.52. The number of hydrogen-bond acceptors (Lipinski definition) is 7. The Morgan fingerprint density at radius 1 is 1.23 bits per heavy atom. The highest BCUT2D eigenvalue weighted by Crippen LogP contribution is 2.51. The monoisotopic (exact) mass is 526 g/mol. The largest absolute Gasteiger partial charge is 0.390 e. The van der Waals surface area contributed by atoms with Gasteiger partial charge >= 0.3 is 0 Å². The van der Waals surface area contributed by atoms with Gasteiger partial charge in [-0.3, -0.25) is 9.59 Å². The Kier molecular flexibility index (Phi) is 8.03. The highest BCUT2D eigenvalue weighted by Gasteiger charge is 2.56. The van der Waals surface area contributed by atoms with Crippen LogP contribution in [0.3, 0.4) is 0 Å². The van der Waals surface area contributed by atoms with Crippen molar-refractivity contribution in [2.75, 3.05) is 36.5 Å². The van der Waals surface area contributed by atoms with Crippen molar-refractivity contribution in [3.63, 3.8) is 0 Å². The lowest BCUT2D eigenvalue weighted by Gasteiger charge is -2.21. The molecule has 1 atom stereocenters. The molecule has 39 heavy (non-hydrogen) atoms. The van der Waals surface area contributed by atoms with E-state index >= 15 is 0 Å². The normalized spacial score (nSPS) is 21.9. The zero-order chi connectivity index (χ0) is 27.2. The first-order valence-electron chi connectivity index (χ1n) is 13.6. The molecule has 1 aromatic heterocycles. The Bertz CT molecular complexity index is 1310. The number of benzene rings is 1. The first-order chi connectivity index (χ1) is 19.0. The molecule has 2 aliphatic heterocycles. The Morgan fingerprint density at radius 2 is 2.05 bits per heavy atom. The predicted molar refractivity (Wildman–Crippen MR) is 149 cm³/mol. The molecule has 0 spiro atoms. The second-order valence-corrected chi connectivity index (χ2v) is 10.6. The number of nitriles is 1. The molecule has 3 heterocycles. The zero-order valence-corrected chi connectivity index (χ0v) is 22.0. The summed E-state index contributed by atoms with van der Waals surface area (Å²) in [6.45, 7) is 2.93. The van der Waals surface area contributed by atoms with Crippen LogP contribution in [0.4, 0.5) is 11.5 Å². The van der Waals surface area contributed by atoms with Crippen LogP contribution in [0.25, 0.3) is 5.57 Å². The van der Waals surface area contributed by atoms with Gasteiger partial charge in [-0.15, -0.1) is 0 Å². The number of carbonyl (C=O) groups excluding carboxylic acids is 2. The van der Waals surface area contributed by atoms with E-state index in [1.165, 1.54) is 6.21 Å². The van der Waals surface area contributed by atoms with E-state index in [2.05, 4.69) is 21.7 Å². The van der Waals surface area contributed by atoms with Crippen molar-refractivity contribution in [1.82, 2.24) is 10.3 Å². The number of anilines is 2. The standard InChI is InChI=1S/C30H34N6O3/c31-17-24(19-33-18-21-7-12-39-13-8-21)23-3-1-2-22(14-23)15-28(37)35-27-16-26(6-10-34-27)36-11-9-30(20-32,29(36)38)25-4-5-25/h1-3,6,10,14,16-17,19,21,25,31,33H,4-5,7-9,11-13,15,18H2,(H,34,35,37)/b24-19+,31-17?/t30-/m1/s1. The summed E-state index contributed by atoms with van der Waals surface area (Å²) in [5, 5.41) is 23.8. The quantitative estimate of drug-likeness (QED) is 0.402. The maximum Gasteiger partial charge on any atom is 0.247 e. The molecule has 1 saturated carbocycles. The first kappa shape index (κ1) is 26.6. The third-order valence-corrected chi connectivity index (χ3v) is 7.94. The predicted octanol–water partition coefficient (Wildman–Crippen LogP) is 3.93. The van der Waals surface area contributed by atoms with Crippen LogP contribution < -0.4 is 15.5 Å². The molecule has 0 bridgehead atoms. The van der Waals surface area contributed by atoms with Crippen molar-refractivity contribution in [3.8, 4) is 6.07 Å². The SMILES string of the molecule is N#C[C@@]1(C2CC2)CCN(c2ccnc(NC(=O)Cc3cccc(/C(C=N)=C/NCC4CCOCC4)c3)c2)C1=O. The highest BCUT2D eigenvalue weighted by atomic mass is 16.5. The van der Waals surface area contributed by atoms with Crippen LogP contribution in [-0.2, 0) is 20.7 Å². The summed E-state index contributed by atoms with van der Waals surface area (Å²) < 4.78 is 5.41. The summed E-state index contributed by atoms with van der Waals surface area (Å²) in [5.74, 6) is 0.708. The molecule has 0 unspecified atom stereocenters. The second-order valence-electron chi connectivity index (χ2n) is 10.6. The van der Waals surface area contributed by atoms with Crippen molar-refractivity contribution in [2.45, 2.75) is 38.5 Å². The van der Waals surface area contributed by atoms with Crippen LogP contribution in [0.2, 0.25) is 0 Å². The van der Waals surface area contributed by atoms with Crippen molar-refractivity contribution >= 4 is 35.1 Å². The molecule has 3 fully saturated rings. The fourth-order valence-corrected chi connectivity index (χ4v) is 5.52. The van der Waals surface area contributed by atoms with Crippen molar-refractivity contribution in [2.24, 2.45) is 17.3 Å². The number of pyridine rings is 1. The van der Waals surface area contributed by atoms with E-state index in [0.29, 0.717) is 30.4 Å². The summed E-state index contributed by atoms with van der Waals surface area (Å²) in [6, 6.07) is 13.3. The van der Waals surface area contributed by atoms with Crippen molar-refractivity contribution in [1.29, 1.82) is 10.7 Å². The minimum atomic E-state index is -0.915. The average molecular weight is 527 g/mol. The molecule has 202 valence electrons. The molecular weight excluding hydrogens is 492 g/mol. The smallest absolute Gasteiger partial charge is 0.247 e. The molecule has 3 aliphatic rings. The van der Waals surface area contributed by atoms with Crippen LogP contribution in [0, 0.1) is 34.0 Å². The molecular formula is C30H34N6O3. The van der Waals surface area contributed by atoms with Gasteiger partial charge in [0.05, 0.1) is 12.5 Å². The molecule has 1 aromatic carbocycles. The third-order valence-electron chi connectivity index (χ3n) is 7.94. The Morgan fingerprint density at radius 3 is 2.79 bits per heavy atom. The first-order valence-corrected chi connectivity index (χ1v) is 13.6. The number of rotatable bonds is 10. The van der Waals surface area contributed by atoms with Crippen molar-refractivity contribution in [3.05, 3.63) is 59.9 Å². The van der Waals surface area contributed by atoms with Gasteiger partial charge in [-0.25, -0.2) is 4.98 Å². The van der Waals surface area contributed by atoms with E-state index in [1.807, 2.05) is 30.5 Å². The number of ether oxygens (including phenoxy) is 1. The van der Waals surface area contributed by atoms with Gasteiger partial charge in [-0.05, 0) is 61.1 Å². The van der Waals surface area contributed by atoms with Crippen LogP contribution in [0.15, 0.2) is 48.8 Å². The van der Waals surface area contributed by atoms with Gasteiger partial charge in [-0.1, -0.05) is 24.3 Å². The zero-order valence-electron chi connectivity index (χ0n) is 22.0. The number of allylic oxidation sites excluding steroid dienone is 1. The number of hydrogen-bond donors (Lipinski definition) is 3. The van der Waals surface area contributed by atoms with E-state index in [0.717, 1.165) is 62.1 Å². The molecule has 3 N–H and O–H groups in total. The third kappa shape index (κ3) is 6.02. The van der Waals surface area contributed by atoms with Gasteiger partial charge in [-0.2, -0.15) is 5.26 Å². The number of nitrogens with one attached hydrogen (secondary N) is 3. The van der Waals surface area contributed by atoms with Crippen LogP contribution in [0.1, 0.15) is 43.2 Å². The van der Waals surface area contributed by atoms with Gasteiger partial charge < -0.3 is 25.7 Å². The second kappa shape index (κ2) is 11.8. The van der Waals surface area contributed by atoms with Crippen LogP contribution >= 0.6 is 0 Å². The maximum absolute atomic E-state index is 13.1. The summed E-state index contributed by atoms with van der Waals surface area (Å²) in [6.07, 6.45) is 9.35. The summed E-state index contributed by atoms with van der Waals surface area (Å²) in [4.78, 5) is 31.9. The molecule has 5 rings (SSSR count). The molecule has 0 radical (unpaired) electrons. The number of aromatic nitrogens is 1. The van der Waals surface area contributed by atoms with Gasteiger partial charge in [0.1, 0.15) is 11.2 Å². The molecule has 2 saturated heterocycles. The molecule has 1 aliphatic carbocycles. The molecule has 2 amide bonds. The van der Waals surface area contributed by atoms with E-state index < -0.39 is 5.41 Å². The van der Waals surface area contributed by atoms with Crippen molar-refractivity contribution < 1.29 is 14.3 Å². The van der Waals surface area contributed by atoms with Gasteiger partial charge in [0, 0.05) is 62.2 Å². The van der Waals surface area contributed by atoms with E-state index in [-0.39, 0.29) is 24.2 Å². The fraction of sp³-hybridized carbons (Fsp3) is 0.433. The van der Waals surface area contributed by atoms with E-state index in [1.54, 1.807) is 23.2 Å². The minimum Gasteiger partial charge on any atom is -0.390 e. The molecule has 9 heteroatoms. The molecule has 2 aromatic rings. The van der Waals surface area contributed by atoms with E-state index in [4.69, 9.17) is 10.1 Å². The van der Waals surface area contributed by atoms with Gasteiger partial charge in [0.25, 0.3) is 0 Å².